The normalized spacial score (nSPS) is 9.79. The molecule has 0 fully saturated rings. The van der Waals surface area contributed by atoms with Crippen LogP contribution in [0.15, 0.2) is 48.8 Å². The molecule has 0 radical (unpaired) electrons. The van der Waals surface area contributed by atoms with Crippen molar-refractivity contribution in [2.45, 2.75) is 27.7 Å². The fourth-order valence-electron chi connectivity index (χ4n) is 2.94. The molecule has 0 unspecified atom stereocenters. The van der Waals surface area contributed by atoms with Gasteiger partial charge in [-0.3, -0.25) is 14.8 Å². The van der Waals surface area contributed by atoms with Crippen LogP contribution in [0, 0.1) is 18.5 Å². The molecule has 4 aromatic rings. The molecule has 0 spiro atoms. The number of fused-ring (bicyclic) bond motifs is 2. The van der Waals surface area contributed by atoms with E-state index in [-0.39, 0.29) is 21.3 Å². The zero-order valence-electron chi connectivity index (χ0n) is 15.7. The Morgan fingerprint density at radius 1 is 0.879 bits per heavy atom. The molecule has 172 valence electrons. The average Bonchev–Trinajstić information content (AvgIpc) is 2.67. The number of benzene rings is 2. The summed E-state index contributed by atoms with van der Waals surface area (Å²) >= 11 is 16.1. The van der Waals surface area contributed by atoms with Gasteiger partial charge in [0.2, 0.25) is 0 Å². The summed E-state index contributed by atoms with van der Waals surface area (Å²) < 4.78 is 1.98. The van der Waals surface area contributed by atoms with Crippen molar-refractivity contribution in [1.82, 2.24) is 9.97 Å². The maximum Gasteiger partial charge on any atom is 0.307 e. The van der Waals surface area contributed by atoms with E-state index in [1.165, 1.54) is 0 Å². The second-order valence-corrected chi connectivity index (χ2v) is 9.71. The maximum absolute atomic E-state index is 10.6. The molecule has 9 heteroatoms. The SMILES string of the molecule is C.C.N#CCc1cc(I)c2ncc(Cl)cc2c1.O=C(O)Cc1cc(I)c2ncc(Cl)cc2c1. The van der Waals surface area contributed by atoms with Crippen LogP contribution in [0.5, 0.6) is 0 Å². The zero-order chi connectivity index (χ0) is 22.5. The van der Waals surface area contributed by atoms with Crippen LogP contribution in [0.4, 0.5) is 0 Å². The molecule has 0 saturated carbocycles. The van der Waals surface area contributed by atoms with E-state index < -0.39 is 5.97 Å². The van der Waals surface area contributed by atoms with Crippen molar-refractivity contribution in [2.24, 2.45) is 0 Å². The molecule has 0 atom stereocenters. The monoisotopic (exact) mass is 707 g/mol. The molecule has 0 bridgehead atoms. The van der Waals surface area contributed by atoms with Crippen LogP contribution >= 0.6 is 68.4 Å². The smallest absolute Gasteiger partial charge is 0.307 e. The van der Waals surface area contributed by atoms with Gasteiger partial charge in [-0.15, -0.1) is 0 Å². The molecule has 33 heavy (non-hydrogen) atoms. The predicted octanol–water partition coefficient (Wildman–Crippen LogP) is 7.95. The fraction of sp³-hybridized carbons (Fsp3) is 0.167. The predicted molar refractivity (Wildman–Crippen MR) is 153 cm³/mol. The fourth-order valence-corrected chi connectivity index (χ4v) is 4.98. The standard InChI is InChI=1S/C11H6ClIN2.C11H7ClINO2.2CH4/c12-9-5-8-3-7(1-2-14)4-10(13)11(8)15-6-9;12-8-4-7-1-6(3-10(15)16)2-9(13)11(7)14-5-8;;/h3-6H,1H2;1-2,4-5H,3H2,(H,15,16);2*1H4. The Hall–Kier alpha value is -1.74. The van der Waals surface area contributed by atoms with E-state index in [9.17, 15) is 4.79 Å². The van der Waals surface area contributed by atoms with Gasteiger partial charge in [0.25, 0.3) is 0 Å². The minimum Gasteiger partial charge on any atom is -0.481 e. The topological polar surface area (TPSA) is 86.9 Å². The number of rotatable bonds is 3. The van der Waals surface area contributed by atoms with Crippen LogP contribution in [-0.2, 0) is 17.6 Å². The Bertz CT molecular complexity index is 1340. The summed E-state index contributed by atoms with van der Waals surface area (Å²) in [7, 11) is 0. The maximum atomic E-state index is 10.6. The first-order valence-electron chi connectivity index (χ1n) is 8.83. The lowest BCUT2D eigenvalue weighted by atomic mass is 10.1. The van der Waals surface area contributed by atoms with Gasteiger partial charge < -0.3 is 5.11 Å². The molecule has 2 heterocycles. The average molecular weight is 708 g/mol. The van der Waals surface area contributed by atoms with E-state index in [1.807, 2.05) is 30.3 Å². The van der Waals surface area contributed by atoms with Crippen LogP contribution in [0.25, 0.3) is 21.8 Å². The number of nitrogens with zero attached hydrogens (tertiary/aromatic N) is 3. The molecule has 0 saturated heterocycles. The van der Waals surface area contributed by atoms with E-state index in [0.717, 1.165) is 40.1 Å². The summed E-state index contributed by atoms with van der Waals surface area (Å²) in [5, 5.41) is 20.4. The van der Waals surface area contributed by atoms with Crippen molar-refractivity contribution in [2.75, 3.05) is 0 Å². The van der Waals surface area contributed by atoms with Gasteiger partial charge in [-0.2, -0.15) is 5.26 Å². The Morgan fingerprint density at radius 2 is 1.33 bits per heavy atom. The lowest BCUT2D eigenvalue weighted by molar-refractivity contribution is -0.136. The molecule has 0 amide bonds. The minimum absolute atomic E-state index is 0. The number of hydrogen-bond acceptors (Lipinski definition) is 4. The van der Waals surface area contributed by atoms with Crippen molar-refractivity contribution in [3.05, 3.63) is 77.1 Å². The zero-order valence-corrected chi connectivity index (χ0v) is 21.6. The third-order valence-electron chi connectivity index (χ3n) is 4.16. The molecule has 0 aliphatic rings. The highest BCUT2D eigenvalue weighted by molar-refractivity contribution is 14.1. The first-order valence-corrected chi connectivity index (χ1v) is 11.7. The van der Waals surface area contributed by atoms with Gasteiger partial charge in [-0.25, -0.2) is 0 Å². The van der Waals surface area contributed by atoms with Gasteiger partial charge in [0.15, 0.2) is 0 Å². The van der Waals surface area contributed by atoms with Crippen LogP contribution in [-0.4, -0.2) is 21.0 Å². The number of carboxylic acids is 1. The Balaban J connectivity index is 0.000000312. The molecular weight excluding hydrogens is 687 g/mol. The van der Waals surface area contributed by atoms with Crippen molar-refractivity contribution in [1.29, 1.82) is 5.26 Å². The summed E-state index contributed by atoms with van der Waals surface area (Å²) in [5.41, 5.74) is 3.53. The van der Waals surface area contributed by atoms with E-state index in [4.69, 9.17) is 33.6 Å². The van der Waals surface area contributed by atoms with Gasteiger partial charge in [0.1, 0.15) is 0 Å². The van der Waals surface area contributed by atoms with Crippen molar-refractivity contribution in [3.63, 3.8) is 0 Å². The summed E-state index contributed by atoms with van der Waals surface area (Å²) in [6.07, 6.45) is 3.65. The number of aliphatic carboxylic acids is 1. The Morgan fingerprint density at radius 3 is 1.79 bits per heavy atom. The summed E-state index contributed by atoms with van der Waals surface area (Å²) in [6.45, 7) is 0. The molecular formula is C24H21Cl2I2N3O2. The third kappa shape index (κ3) is 7.91. The number of halogens is 4. The number of carbonyl (C=O) groups is 1. The molecule has 2 aromatic heterocycles. The molecule has 0 aliphatic carbocycles. The highest BCUT2D eigenvalue weighted by Crippen LogP contribution is 2.24. The Kier molecular flexibility index (Phi) is 11.7. The second kappa shape index (κ2) is 13.2. The van der Waals surface area contributed by atoms with E-state index >= 15 is 0 Å². The van der Waals surface area contributed by atoms with Gasteiger partial charge in [0, 0.05) is 30.3 Å². The van der Waals surface area contributed by atoms with E-state index in [0.29, 0.717) is 16.5 Å². The van der Waals surface area contributed by atoms with Crippen LogP contribution in [0.3, 0.4) is 0 Å². The number of hydrogen-bond donors (Lipinski definition) is 1. The molecule has 5 nitrogen and oxygen atoms in total. The molecule has 0 aliphatic heterocycles. The highest BCUT2D eigenvalue weighted by atomic mass is 127. The Labute approximate surface area is 230 Å². The summed E-state index contributed by atoms with van der Waals surface area (Å²) in [6, 6.07) is 13.4. The molecule has 1 N–H and O–H groups in total. The first kappa shape index (κ1) is 29.3. The number of nitriles is 1. The third-order valence-corrected chi connectivity index (χ3v) is 6.22. The van der Waals surface area contributed by atoms with Crippen molar-refractivity contribution in [3.8, 4) is 6.07 Å². The van der Waals surface area contributed by atoms with Crippen LogP contribution in [0.1, 0.15) is 26.0 Å². The lowest BCUT2D eigenvalue weighted by Gasteiger charge is -2.04. The largest absolute Gasteiger partial charge is 0.481 e. The lowest BCUT2D eigenvalue weighted by Crippen LogP contribution is -2.00. The van der Waals surface area contributed by atoms with Crippen molar-refractivity contribution >= 4 is 96.2 Å². The molecule has 4 rings (SSSR count). The number of pyridine rings is 2. The number of aromatic nitrogens is 2. The summed E-state index contributed by atoms with van der Waals surface area (Å²) in [4.78, 5) is 19.1. The number of carboxylic acid groups (broad SMARTS) is 1. The quantitative estimate of drug-likeness (QED) is 0.219. The van der Waals surface area contributed by atoms with Gasteiger partial charge >= 0.3 is 5.97 Å². The van der Waals surface area contributed by atoms with Crippen LogP contribution in [0.2, 0.25) is 10.0 Å². The summed E-state index contributed by atoms with van der Waals surface area (Å²) in [5.74, 6) is -0.842. The minimum atomic E-state index is -0.842. The van der Waals surface area contributed by atoms with Crippen molar-refractivity contribution < 1.29 is 9.90 Å². The highest BCUT2D eigenvalue weighted by Gasteiger charge is 2.07. The molecule has 2 aromatic carbocycles. The van der Waals surface area contributed by atoms with Gasteiger partial charge in [-0.1, -0.05) is 38.1 Å². The van der Waals surface area contributed by atoms with Gasteiger partial charge in [0.05, 0.1) is 40.0 Å². The first-order chi connectivity index (χ1) is 14.8. The van der Waals surface area contributed by atoms with E-state index in [2.05, 4.69) is 61.2 Å². The van der Waals surface area contributed by atoms with E-state index in [1.54, 1.807) is 18.5 Å². The van der Waals surface area contributed by atoms with Gasteiger partial charge in [-0.05, 0) is 92.7 Å². The van der Waals surface area contributed by atoms with Crippen LogP contribution < -0.4 is 0 Å². The second-order valence-electron chi connectivity index (χ2n) is 6.51.